The molecule has 0 heterocycles. The van der Waals surface area contributed by atoms with E-state index in [9.17, 15) is 0 Å². The zero-order chi connectivity index (χ0) is 7.11. The molecule has 0 fully saturated rings. The van der Waals surface area contributed by atoms with E-state index in [0.29, 0.717) is 0 Å². The first-order chi connectivity index (χ1) is 4.23. The van der Waals surface area contributed by atoms with Gasteiger partial charge in [-0.2, -0.15) is 26.8 Å². The van der Waals surface area contributed by atoms with Gasteiger partial charge in [0.05, 0.1) is 0 Å². The van der Waals surface area contributed by atoms with Gasteiger partial charge in [0.15, 0.2) is 0 Å². The molecule has 0 spiro atoms. The van der Waals surface area contributed by atoms with E-state index < -0.39 is 0 Å². The molecule has 0 aromatic rings. The van der Waals surface area contributed by atoms with E-state index in [1.165, 1.54) is 5.92 Å². The van der Waals surface area contributed by atoms with Gasteiger partial charge in [-0.1, -0.05) is 0 Å². The number of rotatable bonds is 0. The number of hydrogen-bond acceptors (Lipinski definition) is 0. The van der Waals surface area contributed by atoms with Crippen LogP contribution in [0.1, 0.15) is 27.2 Å². The van der Waals surface area contributed by atoms with Crippen LogP contribution in [0.15, 0.2) is 18.2 Å². The van der Waals surface area contributed by atoms with Crippen molar-refractivity contribution in [2.24, 2.45) is 0 Å². The van der Waals surface area contributed by atoms with Crippen molar-refractivity contribution in [1.82, 2.24) is 0 Å². The molecule has 0 amide bonds. The normalized spacial score (nSPS) is 12.4. The Bertz CT molecular complexity index is 88.5. The van der Waals surface area contributed by atoms with E-state index in [1.54, 1.807) is 0 Å². The average Bonchev–Trinajstić information content (AvgIpc) is 2.11. The second-order valence-electron chi connectivity index (χ2n) is 2.50. The van der Waals surface area contributed by atoms with E-state index in [2.05, 4.69) is 32.9 Å². The molecule has 0 aromatic heterocycles. The molecule has 1 heteroatoms. The van der Waals surface area contributed by atoms with Crippen molar-refractivity contribution in [2.75, 3.05) is 0 Å². The van der Waals surface area contributed by atoms with E-state index in [0.717, 1.165) is 6.42 Å². The van der Waals surface area contributed by atoms with Gasteiger partial charge in [0, 0.05) is 0 Å². The van der Waals surface area contributed by atoms with Gasteiger partial charge in [-0.05, 0) is 0 Å². The predicted molar refractivity (Wildman–Crippen MR) is 41.8 cm³/mol. The third-order valence-electron chi connectivity index (χ3n) is 0.586. The Hall–Kier alpha value is 0.363. The van der Waals surface area contributed by atoms with Gasteiger partial charge >= 0.3 is 26.2 Å². The Kier molecular flexibility index (Phi) is 12.2. The van der Waals surface area contributed by atoms with Crippen LogP contribution in [0.2, 0.25) is 0 Å². The minimum atomic E-state index is 0. The van der Waals surface area contributed by atoms with Crippen molar-refractivity contribution in [3.63, 3.8) is 0 Å². The van der Waals surface area contributed by atoms with Crippen molar-refractivity contribution in [1.29, 1.82) is 0 Å². The Morgan fingerprint density at radius 2 is 1.80 bits per heavy atom. The summed E-state index contributed by atoms with van der Waals surface area (Å²) in [5.41, 5.74) is 0. The molecular formula is C9H14Zr. The van der Waals surface area contributed by atoms with Gasteiger partial charge in [0.25, 0.3) is 0 Å². The summed E-state index contributed by atoms with van der Waals surface area (Å²) in [5.74, 6) is 1.42. The van der Waals surface area contributed by atoms with Crippen LogP contribution in [0.5, 0.6) is 0 Å². The predicted octanol–water partition coefficient (Wildman–Crippen LogP) is 2.92. The minimum absolute atomic E-state index is 0. The summed E-state index contributed by atoms with van der Waals surface area (Å²) in [6, 6.07) is 0. The maximum Gasteiger partial charge on any atom is 2.00 e. The molecule has 0 N–H and O–H groups in total. The smallest absolute Gasteiger partial charge is 0.323 e. The Morgan fingerprint density at radius 1 is 1.30 bits per heavy atom. The molecule has 10 heavy (non-hydrogen) atoms. The van der Waals surface area contributed by atoms with Gasteiger partial charge in [-0.15, -0.1) is 6.42 Å². The quantitative estimate of drug-likeness (QED) is 0.543. The van der Waals surface area contributed by atoms with Crippen molar-refractivity contribution >= 4 is 0 Å². The van der Waals surface area contributed by atoms with E-state index in [4.69, 9.17) is 0 Å². The summed E-state index contributed by atoms with van der Waals surface area (Å²) in [5, 5.41) is 0. The summed E-state index contributed by atoms with van der Waals surface area (Å²) in [6.07, 6.45) is 10.0. The topological polar surface area (TPSA) is 0 Å². The largest absolute Gasteiger partial charge is 2.00 e. The van der Waals surface area contributed by atoms with Crippen LogP contribution in [0.25, 0.3) is 0 Å². The van der Waals surface area contributed by atoms with Gasteiger partial charge < -0.3 is 5.92 Å². The van der Waals surface area contributed by atoms with Crippen LogP contribution in [0, 0.1) is 12.0 Å². The molecule has 0 bridgehead atoms. The van der Waals surface area contributed by atoms with Crippen LogP contribution in [0.3, 0.4) is 0 Å². The molecule has 1 rings (SSSR count). The summed E-state index contributed by atoms with van der Waals surface area (Å²) >= 11 is 0. The fraction of sp³-hybridized carbons (Fsp3) is 0.444. The monoisotopic (exact) mass is 212 g/mol. The van der Waals surface area contributed by atoms with Crippen molar-refractivity contribution in [2.45, 2.75) is 27.2 Å². The van der Waals surface area contributed by atoms with E-state index >= 15 is 0 Å². The molecule has 0 aliphatic heterocycles. The van der Waals surface area contributed by atoms with Crippen LogP contribution in [-0.4, -0.2) is 0 Å². The maximum absolute atomic E-state index is 2.99. The van der Waals surface area contributed by atoms with Crippen LogP contribution in [-0.2, 0) is 26.2 Å². The van der Waals surface area contributed by atoms with Crippen LogP contribution >= 0.6 is 0 Å². The van der Waals surface area contributed by atoms with Crippen molar-refractivity contribution in [3.05, 3.63) is 30.2 Å². The van der Waals surface area contributed by atoms with Gasteiger partial charge in [-0.25, -0.2) is 12.2 Å². The molecule has 1 aliphatic rings. The molecule has 0 saturated carbocycles. The fourth-order valence-corrected chi connectivity index (χ4v) is 0.340. The van der Waals surface area contributed by atoms with E-state index in [1.807, 2.05) is 12.2 Å². The van der Waals surface area contributed by atoms with Crippen LogP contribution in [0.4, 0.5) is 0 Å². The zero-order valence-electron chi connectivity index (χ0n) is 6.94. The molecule has 0 atom stereocenters. The molecule has 1 aliphatic carbocycles. The molecule has 0 saturated heterocycles. The standard InChI is InChI=1S/C5H5.C4H9.Zr/c1-2-4-5-3-1;1-4(2)3;/h1-3H,4H2;1-3H3;/q2*-1;+2. The third-order valence-corrected chi connectivity index (χ3v) is 0.586. The SMILES string of the molecule is C[C-](C)C.[C-]1=CC=CC1.[Zr+2]. The molecule has 54 valence electrons. The summed E-state index contributed by atoms with van der Waals surface area (Å²) in [6.45, 7) is 6.25. The van der Waals surface area contributed by atoms with Crippen molar-refractivity contribution in [3.8, 4) is 0 Å². The molecule has 0 nitrogen and oxygen atoms in total. The Labute approximate surface area is 83.5 Å². The van der Waals surface area contributed by atoms with Gasteiger partial charge in [0.2, 0.25) is 0 Å². The second-order valence-corrected chi connectivity index (χ2v) is 2.50. The second kappa shape index (κ2) is 9.36. The third kappa shape index (κ3) is 15.8. The average molecular weight is 213 g/mol. The molecule has 0 radical (unpaired) electrons. The number of allylic oxidation sites excluding steroid dienone is 4. The first-order valence-electron chi connectivity index (χ1n) is 3.22. The Morgan fingerprint density at radius 3 is 1.90 bits per heavy atom. The summed E-state index contributed by atoms with van der Waals surface area (Å²) < 4.78 is 0. The fourth-order valence-electron chi connectivity index (χ4n) is 0.340. The molecule has 0 aromatic carbocycles. The Balaban J connectivity index is 0. The maximum atomic E-state index is 2.99. The van der Waals surface area contributed by atoms with Crippen LogP contribution < -0.4 is 0 Å². The number of hydrogen-bond donors (Lipinski definition) is 0. The first-order valence-corrected chi connectivity index (χ1v) is 3.22. The zero-order valence-corrected chi connectivity index (χ0v) is 9.40. The summed E-state index contributed by atoms with van der Waals surface area (Å²) in [7, 11) is 0. The van der Waals surface area contributed by atoms with Gasteiger partial charge in [-0.3, -0.25) is 6.08 Å². The molecular weight excluding hydrogens is 199 g/mol. The minimum Gasteiger partial charge on any atom is -0.323 e. The van der Waals surface area contributed by atoms with Crippen molar-refractivity contribution < 1.29 is 26.2 Å². The molecule has 0 unspecified atom stereocenters. The summed E-state index contributed by atoms with van der Waals surface area (Å²) in [4.78, 5) is 0. The van der Waals surface area contributed by atoms with Gasteiger partial charge in [0.1, 0.15) is 0 Å². The van der Waals surface area contributed by atoms with E-state index in [-0.39, 0.29) is 26.2 Å². The first kappa shape index (κ1) is 13.0.